The number of fused-ring (bicyclic) bond motifs is 1. The second kappa shape index (κ2) is 3.19. The normalized spacial score (nSPS) is 9.33. The molecule has 0 saturated heterocycles. The highest BCUT2D eigenvalue weighted by atomic mass is 14.7. The van der Waals surface area contributed by atoms with Crippen LogP contribution in [0.4, 0.5) is 5.69 Å². The van der Waals surface area contributed by atoms with Crippen LogP contribution in [0.15, 0.2) is 36.5 Å². The van der Waals surface area contributed by atoms with E-state index in [9.17, 15) is 0 Å². The number of para-hydroxylation sites is 1. The van der Waals surface area contributed by atoms with Crippen LogP contribution in [0.25, 0.3) is 10.9 Å². The first-order valence-electron chi connectivity index (χ1n) is 3.47. The smallest absolute Gasteiger partial charge is 0.0722 e. The molecule has 2 aromatic rings. The molecule has 1 heterocycles. The van der Waals surface area contributed by atoms with Crippen molar-refractivity contribution in [1.82, 2.24) is 11.1 Å². The van der Waals surface area contributed by atoms with Crippen molar-refractivity contribution >= 4 is 16.6 Å². The van der Waals surface area contributed by atoms with E-state index in [2.05, 4.69) is 4.98 Å². The van der Waals surface area contributed by atoms with E-state index >= 15 is 0 Å². The summed E-state index contributed by atoms with van der Waals surface area (Å²) >= 11 is 0. The molecule has 0 spiro atoms. The van der Waals surface area contributed by atoms with Gasteiger partial charge in [0, 0.05) is 17.3 Å². The molecule has 0 aliphatic heterocycles. The van der Waals surface area contributed by atoms with Crippen molar-refractivity contribution in [1.29, 1.82) is 0 Å². The van der Waals surface area contributed by atoms with Crippen LogP contribution in [0.5, 0.6) is 0 Å². The van der Waals surface area contributed by atoms with Crippen molar-refractivity contribution in [3.63, 3.8) is 0 Å². The van der Waals surface area contributed by atoms with Gasteiger partial charge in [0.25, 0.3) is 0 Å². The summed E-state index contributed by atoms with van der Waals surface area (Å²) in [5.74, 6) is 0. The third kappa shape index (κ3) is 1.22. The van der Waals surface area contributed by atoms with E-state index in [0.717, 1.165) is 16.6 Å². The number of benzene rings is 1. The van der Waals surface area contributed by atoms with Crippen molar-refractivity contribution in [2.24, 2.45) is 0 Å². The zero-order chi connectivity index (χ0) is 7.68. The Bertz CT molecular complexity index is 379. The van der Waals surface area contributed by atoms with Gasteiger partial charge >= 0.3 is 0 Å². The van der Waals surface area contributed by atoms with Gasteiger partial charge in [-0.1, -0.05) is 18.2 Å². The summed E-state index contributed by atoms with van der Waals surface area (Å²) < 4.78 is 0. The highest BCUT2D eigenvalue weighted by molar-refractivity contribution is 5.89. The Morgan fingerprint density at radius 1 is 1.08 bits per heavy atom. The fourth-order valence-electron chi connectivity index (χ4n) is 1.12. The van der Waals surface area contributed by atoms with E-state index in [1.54, 1.807) is 6.20 Å². The predicted molar refractivity (Wildman–Crippen MR) is 51.2 cm³/mol. The van der Waals surface area contributed by atoms with Crippen LogP contribution in [-0.2, 0) is 0 Å². The highest BCUT2D eigenvalue weighted by Crippen LogP contribution is 2.16. The lowest BCUT2D eigenvalue weighted by atomic mass is 10.2. The van der Waals surface area contributed by atoms with Gasteiger partial charge in [0.15, 0.2) is 0 Å². The standard InChI is InChI=1S/C9H8N2.H3N/c10-8-5-6-11-9-4-2-1-3-7(8)9;/h1-6H,(H2,10,11);1H3. The average Bonchev–Trinajstić information content (AvgIpc) is 2.06. The molecular weight excluding hydrogens is 150 g/mol. The maximum Gasteiger partial charge on any atom is 0.0722 e. The maximum atomic E-state index is 5.72. The van der Waals surface area contributed by atoms with Gasteiger partial charge in [0.2, 0.25) is 0 Å². The molecule has 0 aliphatic carbocycles. The molecule has 2 rings (SSSR count). The molecule has 12 heavy (non-hydrogen) atoms. The summed E-state index contributed by atoms with van der Waals surface area (Å²) in [6, 6.07) is 9.64. The van der Waals surface area contributed by atoms with Gasteiger partial charge in [-0.2, -0.15) is 0 Å². The molecule has 1 aromatic carbocycles. The average molecular weight is 161 g/mol. The largest absolute Gasteiger partial charge is 0.398 e. The van der Waals surface area contributed by atoms with Crippen LogP contribution >= 0.6 is 0 Å². The molecule has 3 heteroatoms. The van der Waals surface area contributed by atoms with E-state index in [1.165, 1.54) is 0 Å². The van der Waals surface area contributed by atoms with Gasteiger partial charge in [-0.3, -0.25) is 4.98 Å². The molecular formula is C9H11N3. The van der Waals surface area contributed by atoms with Gasteiger partial charge in [0.05, 0.1) is 5.52 Å². The van der Waals surface area contributed by atoms with Crippen molar-refractivity contribution in [3.05, 3.63) is 36.5 Å². The zero-order valence-corrected chi connectivity index (χ0v) is 6.70. The molecule has 0 bridgehead atoms. The van der Waals surface area contributed by atoms with Crippen LogP contribution in [0.3, 0.4) is 0 Å². The second-order valence-electron chi connectivity index (χ2n) is 2.42. The van der Waals surface area contributed by atoms with Gasteiger partial charge in [-0.15, -0.1) is 0 Å². The molecule has 3 nitrogen and oxygen atoms in total. The van der Waals surface area contributed by atoms with Crippen LogP contribution in [0, 0.1) is 0 Å². The Kier molecular flexibility index (Phi) is 2.26. The van der Waals surface area contributed by atoms with Crippen molar-refractivity contribution in [2.45, 2.75) is 0 Å². The third-order valence-electron chi connectivity index (χ3n) is 1.68. The topological polar surface area (TPSA) is 73.9 Å². The highest BCUT2D eigenvalue weighted by Gasteiger charge is 1.94. The van der Waals surface area contributed by atoms with Crippen molar-refractivity contribution in [3.8, 4) is 0 Å². The minimum atomic E-state index is 0. The monoisotopic (exact) mass is 161 g/mol. The summed E-state index contributed by atoms with van der Waals surface area (Å²) in [5, 5.41) is 1.02. The molecule has 0 radical (unpaired) electrons. The van der Waals surface area contributed by atoms with Crippen LogP contribution in [-0.4, -0.2) is 4.98 Å². The Hall–Kier alpha value is -1.61. The lowest BCUT2D eigenvalue weighted by Gasteiger charge is -1.97. The van der Waals surface area contributed by atoms with Crippen LogP contribution in [0.1, 0.15) is 0 Å². The molecule has 5 N–H and O–H groups in total. The molecule has 62 valence electrons. The molecule has 0 fully saturated rings. The predicted octanol–water partition coefficient (Wildman–Crippen LogP) is 1.98. The number of anilines is 1. The lowest BCUT2D eigenvalue weighted by molar-refractivity contribution is 1.41. The first kappa shape index (κ1) is 8.49. The first-order valence-corrected chi connectivity index (χ1v) is 3.47. The Labute approximate surface area is 70.8 Å². The van der Waals surface area contributed by atoms with E-state index in [0.29, 0.717) is 0 Å². The lowest BCUT2D eigenvalue weighted by Crippen LogP contribution is -1.87. The fraction of sp³-hybridized carbons (Fsp3) is 0. The quantitative estimate of drug-likeness (QED) is 0.620. The summed E-state index contributed by atoms with van der Waals surface area (Å²) in [4.78, 5) is 4.16. The summed E-state index contributed by atoms with van der Waals surface area (Å²) in [5.41, 5.74) is 7.46. The number of pyridine rings is 1. The molecule has 0 aliphatic rings. The minimum absolute atomic E-state index is 0. The first-order chi connectivity index (χ1) is 5.38. The van der Waals surface area contributed by atoms with E-state index in [-0.39, 0.29) is 6.15 Å². The molecule has 0 amide bonds. The van der Waals surface area contributed by atoms with Gasteiger partial charge in [0.1, 0.15) is 0 Å². The van der Waals surface area contributed by atoms with E-state index < -0.39 is 0 Å². The molecule has 0 atom stereocenters. The number of aromatic nitrogens is 1. The number of rotatable bonds is 0. The van der Waals surface area contributed by atoms with E-state index in [1.807, 2.05) is 30.3 Å². The number of nitrogens with zero attached hydrogens (tertiary/aromatic N) is 1. The summed E-state index contributed by atoms with van der Waals surface area (Å²) in [6.07, 6.45) is 1.72. The SMILES string of the molecule is N.Nc1ccnc2ccccc12. The Balaban J connectivity index is 0.000000720. The van der Waals surface area contributed by atoms with Crippen LogP contribution < -0.4 is 11.9 Å². The minimum Gasteiger partial charge on any atom is -0.398 e. The van der Waals surface area contributed by atoms with Crippen molar-refractivity contribution < 1.29 is 0 Å². The van der Waals surface area contributed by atoms with Gasteiger partial charge in [-0.05, 0) is 12.1 Å². The summed E-state index contributed by atoms with van der Waals surface area (Å²) in [6.45, 7) is 0. The second-order valence-corrected chi connectivity index (χ2v) is 2.42. The summed E-state index contributed by atoms with van der Waals surface area (Å²) in [7, 11) is 0. The Morgan fingerprint density at radius 2 is 1.83 bits per heavy atom. The maximum absolute atomic E-state index is 5.72. The third-order valence-corrected chi connectivity index (χ3v) is 1.68. The number of nitrogen functional groups attached to an aromatic ring is 1. The fourth-order valence-corrected chi connectivity index (χ4v) is 1.12. The number of hydrogen-bond acceptors (Lipinski definition) is 3. The molecule has 0 unspecified atom stereocenters. The number of hydrogen-bond donors (Lipinski definition) is 2. The number of nitrogens with two attached hydrogens (primary N) is 1. The van der Waals surface area contributed by atoms with Gasteiger partial charge < -0.3 is 11.9 Å². The van der Waals surface area contributed by atoms with E-state index in [4.69, 9.17) is 5.73 Å². The Morgan fingerprint density at radius 3 is 2.58 bits per heavy atom. The van der Waals surface area contributed by atoms with Gasteiger partial charge in [-0.25, -0.2) is 0 Å². The molecule has 1 aromatic heterocycles. The van der Waals surface area contributed by atoms with Crippen molar-refractivity contribution in [2.75, 3.05) is 5.73 Å². The van der Waals surface area contributed by atoms with Crippen LogP contribution in [0.2, 0.25) is 0 Å². The zero-order valence-electron chi connectivity index (χ0n) is 6.70. The molecule has 0 saturated carbocycles.